The van der Waals surface area contributed by atoms with Crippen molar-refractivity contribution in [2.45, 2.75) is 25.2 Å². The summed E-state index contributed by atoms with van der Waals surface area (Å²) in [7, 11) is 3.14. The highest BCUT2D eigenvalue weighted by Crippen LogP contribution is 2.30. The molecule has 0 spiro atoms. The van der Waals surface area contributed by atoms with Crippen LogP contribution in [0.1, 0.15) is 12.0 Å². The van der Waals surface area contributed by atoms with Gasteiger partial charge in [-0.2, -0.15) is 13.2 Å². The minimum absolute atomic E-state index is 0.0898. The fraction of sp³-hybridized carbons (Fsp3) is 0.533. The summed E-state index contributed by atoms with van der Waals surface area (Å²) < 4.78 is 43.1. The van der Waals surface area contributed by atoms with Crippen LogP contribution in [-0.2, 0) is 11.3 Å². The molecule has 23 heavy (non-hydrogen) atoms. The number of ether oxygens (including phenoxy) is 1. The molecular formula is C15H19F3N2O3. The highest BCUT2D eigenvalue weighted by atomic mass is 19.4. The second-order valence-electron chi connectivity index (χ2n) is 5.50. The fourth-order valence-electron chi connectivity index (χ4n) is 2.51. The number of methoxy groups -OCH3 is 1. The summed E-state index contributed by atoms with van der Waals surface area (Å²) in [6.07, 6.45) is -7.08. The van der Waals surface area contributed by atoms with Crippen molar-refractivity contribution >= 4 is 11.6 Å². The van der Waals surface area contributed by atoms with E-state index >= 15 is 0 Å². The minimum Gasteiger partial charge on any atom is -0.497 e. The van der Waals surface area contributed by atoms with Crippen molar-refractivity contribution in [1.29, 1.82) is 0 Å². The van der Waals surface area contributed by atoms with Crippen molar-refractivity contribution in [1.82, 2.24) is 4.90 Å². The van der Waals surface area contributed by atoms with E-state index in [1.54, 1.807) is 25.2 Å². The lowest BCUT2D eigenvalue weighted by Gasteiger charge is -2.33. The number of fused-ring (bicyclic) bond motifs is 1. The summed E-state index contributed by atoms with van der Waals surface area (Å²) in [6, 6.07) is 4.99. The highest BCUT2D eigenvalue weighted by molar-refractivity contribution is 5.77. The van der Waals surface area contributed by atoms with Crippen LogP contribution in [0.3, 0.4) is 0 Å². The Morgan fingerprint density at radius 2 is 2.09 bits per heavy atom. The number of aliphatic hydroxyl groups is 1. The van der Waals surface area contributed by atoms with E-state index in [0.29, 0.717) is 17.0 Å². The van der Waals surface area contributed by atoms with E-state index < -0.39 is 18.8 Å². The summed E-state index contributed by atoms with van der Waals surface area (Å²) in [5.74, 6) is 0.395. The molecule has 1 aliphatic heterocycles. The van der Waals surface area contributed by atoms with Gasteiger partial charge in [-0.25, -0.2) is 0 Å². The molecule has 0 aromatic heterocycles. The molecule has 0 bridgehead atoms. The van der Waals surface area contributed by atoms with E-state index in [2.05, 4.69) is 0 Å². The van der Waals surface area contributed by atoms with E-state index in [-0.39, 0.29) is 25.4 Å². The number of alkyl halides is 3. The SMILES string of the molecule is COc1ccc2c(c1)CN(C)C(=O)CCN2CC(O)C(F)(F)F. The Kier molecular flexibility index (Phi) is 5.03. The first-order valence-electron chi connectivity index (χ1n) is 7.13. The molecule has 1 amide bonds. The molecule has 0 radical (unpaired) electrons. The van der Waals surface area contributed by atoms with E-state index in [1.165, 1.54) is 16.9 Å². The second-order valence-corrected chi connectivity index (χ2v) is 5.50. The van der Waals surface area contributed by atoms with Gasteiger partial charge in [0.25, 0.3) is 0 Å². The molecule has 1 unspecified atom stereocenters. The van der Waals surface area contributed by atoms with Gasteiger partial charge >= 0.3 is 6.18 Å². The maximum Gasteiger partial charge on any atom is 0.416 e. The van der Waals surface area contributed by atoms with Crippen molar-refractivity contribution in [3.05, 3.63) is 23.8 Å². The van der Waals surface area contributed by atoms with Gasteiger partial charge < -0.3 is 19.6 Å². The largest absolute Gasteiger partial charge is 0.497 e. The molecule has 8 heteroatoms. The van der Waals surface area contributed by atoms with E-state index in [4.69, 9.17) is 4.74 Å². The second kappa shape index (κ2) is 6.66. The molecule has 0 saturated heterocycles. The van der Waals surface area contributed by atoms with Crippen LogP contribution in [-0.4, -0.2) is 55.4 Å². The molecule has 1 atom stereocenters. The molecule has 1 aliphatic rings. The Morgan fingerprint density at radius 3 is 2.70 bits per heavy atom. The average Bonchev–Trinajstić information content (AvgIpc) is 2.48. The molecule has 1 heterocycles. The third kappa shape index (κ3) is 4.07. The number of rotatable bonds is 3. The molecule has 0 fully saturated rings. The molecule has 5 nitrogen and oxygen atoms in total. The molecule has 128 valence electrons. The average molecular weight is 332 g/mol. The van der Waals surface area contributed by atoms with Gasteiger partial charge in [-0.05, 0) is 23.8 Å². The molecule has 1 aromatic rings. The van der Waals surface area contributed by atoms with E-state index in [9.17, 15) is 23.1 Å². The molecule has 0 aliphatic carbocycles. The zero-order valence-corrected chi connectivity index (χ0v) is 12.9. The Hall–Kier alpha value is -1.96. The Labute approximate surface area is 132 Å². The summed E-state index contributed by atoms with van der Waals surface area (Å²) >= 11 is 0. The van der Waals surface area contributed by atoms with E-state index in [0.717, 1.165) is 0 Å². The fourth-order valence-corrected chi connectivity index (χ4v) is 2.51. The first-order chi connectivity index (χ1) is 10.7. The monoisotopic (exact) mass is 332 g/mol. The zero-order chi connectivity index (χ0) is 17.2. The van der Waals surface area contributed by atoms with Gasteiger partial charge in [0.05, 0.1) is 13.7 Å². The van der Waals surface area contributed by atoms with Crippen molar-refractivity contribution < 1.29 is 27.8 Å². The van der Waals surface area contributed by atoms with Crippen LogP contribution >= 0.6 is 0 Å². The van der Waals surface area contributed by atoms with Crippen LogP contribution < -0.4 is 9.64 Å². The van der Waals surface area contributed by atoms with Crippen molar-refractivity contribution in [2.75, 3.05) is 32.1 Å². The predicted octanol–water partition coefficient (Wildman–Crippen LogP) is 1.79. The first-order valence-corrected chi connectivity index (χ1v) is 7.13. The standard InChI is InChI=1S/C15H19F3N2O3/c1-19-8-10-7-11(23-2)3-4-12(10)20(6-5-14(19)22)9-13(21)15(16,17)18/h3-4,7,13,21H,5-6,8-9H2,1-2H3. The number of hydrogen-bond donors (Lipinski definition) is 1. The van der Waals surface area contributed by atoms with Crippen LogP contribution in [0.5, 0.6) is 5.75 Å². The van der Waals surface area contributed by atoms with Gasteiger partial charge in [0, 0.05) is 32.2 Å². The third-order valence-corrected chi connectivity index (χ3v) is 3.83. The van der Waals surface area contributed by atoms with E-state index in [1.807, 2.05) is 0 Å². The number of halogens is 3. The van der Waals surface area contributed by atoms with Crippen LogP contribution in [0.15, 0.2) is 18.2 Å². The summed E-state index contributed by atoms with van der Waals surface area (Å²) in [4.78, 5) is 14.9. The number of nitrogens with zero attached hydrogens (tertiary/aromatic N) is 2. The summed E-state index contributed by atoms with van der Waals surface area (Å²) in [5.41, 5.74) is 1.24. The quantitative estimate of drug-likeness (QED) is 0.917. The normalized spacial score (nSPS) is 17.4. The number of aliphatic hydroxyl groups excluding tert-OH is 1. The smallest absolute Gasteiger partial charge is 0.416 e. The van der Waals surface area contributed by atoms with Gasteiger partial charge in [-0.3, -0.25) is 4.79 Å². The minimum atomic E-state index is -4.70. The molecule has 0 saturated carbocycles. The number of β-amino-alcohol motifs (C(OH)–C–C–N with tert-alkyl or cyclic N) is 1. The molecule has 2 rings (SSSR count). The molecule has 1 N–H and O–H groups in total. The van der Waals surface area contributed by atoms with Crippen molar-refractivity contribution in [3.8, 4) is 5.75 Å². The summed E-state index contributed by atoms with van der Waals surface area (Å²) in [5, 5.41) is 9.36. The lowest BCUT2D eigenvalue weighted by atomic mass is 10.1. The van der Waals surface area contributed by atoms with Crippen molar-refractivity contribution in [3.63, 3.8) is 0 Å². The zero-order valence-electron chi connectivity index (χ0n) is 12.9. The van der Waals surface area contributed by atoms with Crippen LogP contribution in [0.25, 0.3) is 0 Å². The third-order valence-electron chi connectivity index (χ3n) is 3.83. The van der Waals surface area contributed by atoms with Gasteiger partial charge in [0.1, 0.15) is 5.75 Å². The molecular weight excluding hydrogens is 313 g/mol. The predicted molar refractivity (Wildman–Crippen MR) is 78.4 cm³/mol. The molecule has 1 aromatic carbocycles. The highest BCUT2D eigenvalue weighted by Gasteiger charge is 2.39. The maximum atomic E-state index is 12.6. The lowest BCUT2D eigenvalue weighted by Crippen LogP contribution is -2.44. The lowest BCUT2D eigenvalue weighted by molar-refractivity contribution is -0.200. The number of amides is 1. The van der Waals surface area contributed by atoms with Gasteiger partial charge in [-0.15, -0.1) is 0 Å². The number of carbonyl (C=O) groups excluding carboxylic acids is 1. The van der Waals surface area contributed by atoms with Crippen LogP contribution in [0.2, 0.25) is 0 Å². The Balaban J connectivity index is 2.36. The van der Waals surface area contributed by atoms with Gasteiger partial charge in [0.15, 0.2) is 6.10 Å². The summed E-state index contributed by atoms with van der Waals surface area (Å²) in [6.45, 7) is -0.237. The first kappa shape index (κ1) is 17.4. The topological polar surface area (TPSA) is 53.0 Å². The number of benzene rings is 1. The number of carbonyl (C=O) groups is 1. The Bertz CT molecular complexity index is 578. The van der Waals surface area contributed by atoms with Crippen LogP contribution in [0, 0.1) is 0 Å². The maximum absolute atomic E-state index is 12.6. The van der Waals surface area contributed by atoms with Crippen molar-refractivity contribution in [2.24, 2.45) is 0 Å². The number of anilines is 1. The Morgan fingerprint density at radius 1 is 1.39 bits per heavy atom. The number of hydrogen-bond acceptors (Lipinski definition) is 4. The van der Waals surface area contributed by atoms with Gasteiger partial charge in [-0.1, -0.05) is 0 Å². The van der Waals surface area contributed by atoms with Crippen LogP contribution in [0.4, 0.5) is 18.9 Å². The van der Waals surface area contributed by atoms with Gasteiger partial charge in [0.2, 0.25) is 5.91 Å².